The van der Waals surface area contributed by atoms with Crippen molar-refractivity contribution in [3.63, 3.8) is 0 Å². The lowest BCUT2D eigenvalue weighted by atomic mass is 10.1. The van der Waals surface area contributed by atoms with Crippen molar-refractivity contribution in [1.82, 2.24) is 10.2 Å². The summed E-state index contributed by atoms with van der Waals surface area (Å²) in [5.41, 5.74) is 4.71. The van der Waals surface area contributed by atoms with Crippen molar-refractivity contribution in [1.29, 1.82) is 0 Å². The molecule has 0 aliphatic rings. The van der Waals surface area contributed by atoms with E-state index in [2.05, 4.69) is 5.32 Å². The van der Waals surface area contributed by atoms with Gasteiger partial charge in [-0.3, -0.25) is 13.9 Å². The van der Waals surface area contributed by atoms with Crippen LogP contribution in [0, 0.1) is 20.8 Å². The summed E-state index contributed by atoms with van der Waals surface area (Å²) in [6.07, 6.45) is 1.63. The van der Waals surface area contributed by atoms with Crippen LogP contribution in [0.25, 0.3) is 0 Å². The SMILES string of the molecule is CNC(=O)C(C)N(Cc1ccc(C)cc1)C(=O)CCCN(c1ccc(C)c(C)c1)S(C)(=O)=O. The molecule has 2 rings (SSSR count). The van der Waals surface area contributed by atoms with Gasteiger partial charge in [0.2, 0.25) is 21.8 Å². The molecule has 0 aliphatic heterocycles. The van der Waals surface area contributed by atoms with E-state index in [-0.39, 0.29) is 24.8 Å². The molecule has 0 aromatic heterocycles. The van der Waals surface area contributed by atoms with Crippen molar-refractivity contribution in [2.75, 3.05) is 24.2 Å². The average Bonchev–Trinajstić information content (AvgIpc) is 2.76. The molecule has 1 unspecified atom stereocenters. The first kappa shape index (κ1) is 26.4. The molecule has 0 spiro atoms. The van der Waals surface area contributed by atoms with E-state index in [4.69, 9.17) is 0 Å². The van der Waals surface area contributed by atoms with Crippen LogP contribution in [-0.4, -0.2) is 51.0 Å². The van der Waals surface area contributed by atoms with E-state index in [1.54, 1.807) is 24.9 Å². The van der Waals surface area contributed by atoms with Crippen LogP contribution in [0.15, 0.2) is 42.5 Å². The fourth-order valence-electron chi connectivity index (χ4n) is 3.57. The van der Waals surface area contributed by atoms with Crippen molar-refractivity contribution in [3.8, 4) is 0 Å². The van der Waals surface area contributed by atoms with Gasteiger partial charge >= 0.3 is 0 Å². The molecule has 0 aliphatic carbocycles. The van der Waals surface area contributed by atoms with E-state index in [1.807, 2.05) is 57.2 Å². The van der Waals surface area contributed by atoms with Gasteiger partial charge in [0, 0.05) is 26.6 Å². The van der Waals surface area contributed by atoms with E-state index in [0.29, 0.717) is 18.7 Å². The zero-order valence-electron chi connectivity index (χ0n) is 20.4. The highest BCUT2D eigenvalue weighted by Gasteiger charge is 2.26. The number of nitrogens with one attached hydrogen (secondary N) is 1. The summed E-state index contributed by atoms with van der Waals surface area (Å²) in [5.74, 6) is -0.441. The minimum absolute atomic E-state index is 0.129. The Morgan fingerprint density at radius 3 is 2.18 bits per heavy atom. The van der Waals surface area contributed by atoms with Crippen LogP contribution in [0.5, 0.6) is 0 Å². The predicted molar refractivity (Wildman–Crippen MR) is 133 cm³/mol. The van der Waals surface area contributed by atoms with E-state index in [0.717, 1.165) is 22.3 Å². The lowest BCUT2D eigenvalue weighted by Crippen LogP contribution is -2.46. The summed E-state index contributed by atoms with van der Waals surface area (Å²) in [7, 11) is -1.97. The highest BCUT2D eigenvalue weighted by molar-refractivity contribution is 7.92. The molecular weight excluding hydrogens is 438 g/mol. The molecule has 1 N–H and O–H groups in total. The number of carbonyl (C=O) groups is 2. The molecule has 2 aromatic carbocycles. The molecule has 1 atom stereocenters. The number of aryl methyl sites for hydroxylation is 3. The third-order valence-corrected chi connectivity index (χ3v) is 7.01. The summed E-state index contributed by atoms with van der Waals surface area (Å²) < 4.78 is 26.2. The molecule has 2 aromatic rings. The number of hydrogen-bond acceptors (Lipinski definition) is 4. The van der Waals surface area contributed by atoms with Crippen molar-refractivity contribution < 1.29 is 18.0 Å². The van der Waals surface area contributed by atoms with Crippen molar-refractivity contribution in [2.45, 2.75) is 53.1 Å². The van der Waals surface area contributed by atoms with Crippen molar-refractivity contribution in [2.24, 2.45) is 0 Å². The number of amides is 2. The van der Waals surface area contributed by atoms with Gasteiger partial charge in [-0.2, -0.15) is 0 Å². The minimum Gasteiger partial charge on any atom is -0.357 e. The quantitative estimate of drug-likeness (QED) is 0.574. The summed E-state index contributed by atoms with van der Waals surface area (Å²) in [5, 5.41) is 2.60. The molecule has 2 amide bonds. The maximum atomic E-state index is 13.1. The Morgan fingerprint density at radius 1 is 1.00 bits per heavy atom. The summed E-state index contributed by atoms with van der Waals surface area (Å²) in [6, 6.07) is 12.7. The van der Waals surface area contributed by atoms with Gasteiger partial charge in [0.05, 0.1) is 11.9 Å². The van der Waals surface area contributed by atoms with Crippen LogP contribution < -0.4 is 9.62 Å². The zero-order chi connectivity index (χ0) is 24.8. The molecule has 0 saturated heterocycles. The second-order valence-corrected chi connectivity index (χ2v) is 10.4. The number of benzene rings is 2. The summed E-state index contributed by atoms with van der Waals surface area (Å²) >= 11 is 0. The van der Waals surface area contributed by atoms with Crippen molar-refractivity contribution >= 4 is 27.5 Å². The second kappa shape index (κ2) is 11.3. The molecule has 180 valence electrons. The van der Waals surface area contributed by atoms with E-state index < -0.39 is 16.1 Å². The van der Waals surface area contributed by atoms with Gasteiger partial charge in [-0.25, -0.2) is 8.42 Å². The van der Waals surface area contributed by atoms with Gasteiger partial charge in [0.15, 0.2) is 0 Å². The molecule has 0 heterocycles. The van der Waals surface area contributed by atoms with Crippen LogP contribution in [0.4, 0.5) is 5.69 Å². The van der Waals surface area contributed by atoms with E-state index in [9.17, 15) is 18.0 Å². The third-order valence-electron chi connectivity index (χ3n) is 5.82. The molecular formula is C25H35N3O4S. The van der Waals surface area contributed by atoms with Crippen LogP contribution >= 0.6 is 0 Å². The van der Waals surface area contributed by atoms with Gasteiger partial charge in [0.25, 0.3) is 0 Å². The van der Waals surface area contributed by atoms with Gasteiger partial charge in [-0.15, -0.1) is 0 Å². The number of nitrogens with zero attached hydrogens (tertiary/aromatic N) is 2. The topological polar surface area (TPSA) is 86.8 Å². The number of rotatable bonds is 10. The van der Waals surface area contributed by atoms with Crippen LogP contribution in [0.2, 0.25) is 0 Å². The van der Waals surface area contributed by atoms with E-state index in [1.165, 1.54) is 10.6 Å². The lowest BCUT2D eigenvalue weighted by Gasteiger charge is -2.29. The van der Waals surface area contributed by atoms with Gasteiger partial charge < -0.3 is 10.2 Å². The van der Waals surface area contributed by atoms with E-state index >= 15 is 0 Å². The second-order valence-electron chi connectivity index (χ2n) is 8.50. The normalized spacial score (nSPS) is 12.2. The molecule has 33 heavy (non-hydrogen) atoms. The molecule has 0 radical (unpaired) electrons. The molecule has 0 saturated carbocycles. The smallest absolute Gasteiger partial charge is 0.242 e. The van der Waals surface area contributed by atoms with Crippen LogP contribution in [-0.2, 0) is 26.2 Å². The Balaban J connectivity index is 2.15. The lowest BCUT2D eigenvalue weighted by molar-refractivity contribution is -0.140. The molecule has 7 nitrogen and oxygen atoms in total. The molecule has 0 fully saturated rings. The van der Waals surface area contributed by atoms with Crippen LogP contribution in [0.3, 0.4) is 0 Å². The first-order valence-electron chi connectivity index (χ1n) is 11.1. The minimum atomic E-state index is -3.51. The molecule has 0 bridgehead atoms. The third kappa shape index (κ3) is 7.32. The Hall–Kier alpha value is -2.87. The summed E-state index contributed by atoms with van der Waals surface area (Å²) in [4.78, 5) is 26.9. The maximum absolute atomic E-state index is 13.1. The molecule has 8 heteroatoms. The number of sulfonamides is 1. The van der Waals surface area contributed by atoms with Gasteiger partial charge in [-0.05, 0) is 62.9 Å². The van der Waals surface area contributed by atoms with Gasteiger partial charge in [0.1, 0.15) is 6.04 Å². The Labute approximate surface area is 197 Å². The summed E-state index contributed by atoms with van der Waals surface area (Å²) in [6.45, 7) is 8.08. The first-order chi connectivity index (χ1) is 15.4. The number of hydrogen-bond donors (Lipinski definition) is 1. The monoisotopic (exact) mass is 473 g/mol. The highest BCUT2D eigenvalue weighted by Crippen LogP contribution is 2.22. The Morgan fingerprint density at radius 2 is 1.64 bits per heavy atom. The van der Waals surface area contributed by atoms with Crippen LogP contribution in [0.1, 0.15) is 42.0 Å². The Bertz CT molecular complexity index is 1080. The number of carbonyl (C=O) groups excluding carboxylic acids is 2. The van der Waals surface area contributed by atoms with Crippen molar-refractivity contribution in [3.05, 3.63) is 64.7 Å². The first-order valence-corrected chi connectivity index (χ1v) is 12.9. The average molecular weight is 474 g/mol. The van der Waals surface area contributed by atoms with Gasteiger partial charge in [-0.1, -0.05) is 35.9 Å². The fraction of sp³-hybridized carbons (Fsp3) is 0.440. The predicted octanol–water partition coefficient (Wildman–Crippen LogP) is 3.32. The number of anilines is 1. The largest absolute Gasteiger partial charge is 0.357 e. The Kier molecular flexibility index (Phi) is 9.05. The fourth-order valence-corrected chi connectivity index (χ4v) is 4.52. The highest BCUT2D eigenvalue weighted by atomic mass is 32.2. The zero-order valence-corrected chi connectivity index (χ0v) is 21.2. The standard InChI is InChI=1S/C25H35N3O4S/c1-18-9-12-22(13-10-18)17-27(21(4)25(30)26-5)24(29)8-7-15-28(33(6,31)32)23-14-11-19(2)20(3)16-23/h9-14,16,21H,7-8,15,17H2,1-6H3,(H,26,30). The maximum Gasteiger partial charge on any atom is 0.242 e. The number of likely N-dealkylation sites (N-methyl/N-ethyl adjacent to an activating group) is 1.